The lowest BCUT2D eigenvalue weighted by molar-refractivity contribution is 0.823. The summed E-state index contributed by atoms with van der Waals surface area (Å²) < 4.78 is 1.80. The van der Waals surface area contributed by atoms with E-state index in [1.807, 2.05) is 18.7 Å². The zero-order chi connectivity index (χ0) is 17.4. The first kappa shape index (κ1) is 16.1. The Balaban J connectivity index is 1.70. The summed E-state index contributed by atoms with van der Waals surface area (Å²) in [5, 5.41) is 8.68. The molecule has 7 heteroatoms. The molecule has 3 aromatic rings. The Morgan fingerprint density at radius 3 is 2.96 bits per heavy atom. The van der Waals surface area contributed by atoms with Gasteiger partial charge in [-0.15, -0.1) is 0 Å². The summed E-state index contributed by atoms with van der Waals surface area (Å²) in [7, 11) is 0. The van der Waals surface area contributed by atoms with E-state index in [4.69, 9.17) is 0 Å². The van der Waals surface area contributed by atoms with Gasteiger partial charge in [-0.1, -0.05) is 43.8 Å². The fraction of sp³-hybridized carbons (Fsp3) is 0.333. The van der Waals surface area contributed by atoms with Gasteiger partial charge in [-0.2, -0.15) is 14.6 Å². The van der Waals surface area contributed by atoms with Gasteiger partial charge in [0.2, 0.25) is 5.95 Å². The second-order valence-corrected chi connectivity index (χ2v) is 7.11. The number of fused-ring (bicyclic) bond motifs is 2. The summed E-state index contributed by atoms with van der Waals surface area (Å²) in [4.78, 5) is 13.6. The van der Waals surface area contributed by atoms with Crippen LogP contribution in [-0.4, -0.2) is 32.1 Å². The average molecular weight is 352 g/mol. The average Bonchev–Trinajstić information content (AvgIpc) is 3.26. The number of aliphatic imine (C=N–C) groups is 1. The number of hydrogen-bond acceptors (Lipinski definition) is 6. The van der Waals surface area contributed by atoms with Crippen LogP contribution in [0.25, 0.3) is 5.65 Å². The first-order valence-corrected chi connectivity index (χ1v) is 9.54. The van der Waals surface area contributed by atoms with Gasteiger partial charge in [0.1, 0.15) is 0 Å². The van der Waals surface area contributed by atoms with Crippen molar-refractivity contribution in [2.75, 3.05) is 11.6 Å². The molecule has 6 nitrogen and oxygen atoms in total. The Labute approximate surface area is 150 Å². The number of aromatic nitrogens is 4. The molecular formula is C18H20N6S. The largest absolute Gasteiger partial charge is 0.350 e. The van der Waals surface area contributed by atoms with Crippen molar-refractivity contribution in [2.45, 2.75) is 38.0 Å². The first-order valence-electron chi connectivity index (χ1n) is 8.31. The predicted octanol–water partition coefficient (Wildman–Crippen LogP) is 3.51. The van der Waals surface area contributed by atoms with E-state index in [1.165, 1.54) is 28.5 Å². The van der Waals surface area contributed by atoms with Gasteiger partial charge >= 0.3 is 0 Å². The lowest BCUT2D eigenvalue weighted by Crippen LogP contribution is -2.11. The van der Waals surface area contributed by atoms with Crippen molar-refractivity contribution < 1.29 is 0 Å². The van der Waals surface area contributed by atoms with Crippen LogP contribution in [0.4, 0.5) is 5.95 Å². The third-order valence-electron chi connectivity index (χ3n) is 4.39. The number of thioether (sulfide) groups is 1. The summed E-state index contributed by atoms with van der Waals surface area (Å²) in [5.74, 6) is 1.08. The molecule has 1 aromatic carbocycles. The molecule has 0 saturated heterocycles. The van der Waals surface area contributed by atoms with E-state index in [-0.39, 0.29) is 0 Å². The van der Waals surface area contributed by atoms with Crippen LogP contribution >= 0.6 is 11.8 Å². The van der Waals surface area contributed by atoms with E-state index in [2.05, 4.69) is 57.4 Å². The summed E-state index contributed by atoms with van der Waals surface area (Å²) in [5.41, 5.74) is 5.71. The molecule has 0 bridgehead atoms. The smallest absolute Gasteiger partial charge is 0.228 e. The minimum Gasteiger partial charge on any atom is -0.350 e. The van der Waals surface area contributed by atoms with E-state index < -0.39 is 0 Å². The maximum absolute atomic E-state index is 4.64. The molecule has 0 unspecified atom stereocenters. The molecule has 0 amide bonds. The van der Waals surface area contributed by atoms with Crippen molar-refractivity contribution in [1.82, 2.24) is 19.6 Å². The van der Waals surface area contributed by atoms with Crippen LogP contribution in [0.3, 0.4) is 0 Å². The topological polar surface area (TPSA) is 67.5 Å². The minimum atomic E-state index is 0.364. The predicted molar refractivity (Wildman–Crippen MR) is 102 cm³/mol. The Hall–Kier alpha value is -2.41. The molecule has 4 rings (SSSR count). The van der Waals surface area contributed by atoms with E-state index in [0.717, 1.165) is 22.9 Å². The number of nitrogens with zero attached hydrogens (tertiary/aromatic N) is 5. The molecule has 128 valence electrons. The Bertz CT molecular complexity index is 960. The molecule has 1 N–H and O–H groups in total. The maximum atomic E-state index is 4.64. The lowest BCUT2D eigenvalue weighted by Gasteiger charge is -2.11. The molecule has 0 aliphatic carbocycles. The highest BCUT2D eigenvalue weighted by Crippen LogP contribution is 2.24. The second-order valence-electron chi connectivity index (χ2n) is 6.34. The van der Waals surface area contributed by atoms with Crippen molar-refractivity contribution in [1.29, 1.82) is 0 Å². The van der Waals surface area contributed by atoms with Crippen LogP contribution in [-0.2, 0) is 13.1 Å². The highest BCUT2D eigenvalue weighted by molar-refractivity contribution is 7.98. The molecule has 1 aliphatic heterocycles. The molecule has 0 fully saturated rings. The quantitative estimate of drug-likeness (QED) is 0.712. The normalized spacial score (nSPS) is 13.0. The van der Waals surface area contributed by atoms with E-state index >= 15 is 0 Å². The molecule has 0 saturated carbocycles. The van der Waals surface area contributed by atoms with Gasteiger partial charge in [0.15, 0.2) is 10.8 Å². The second kappa shape index (κ2) is 6.48. The molecule has 0 radical (unpaired) electrons. The van der Waals surface area contributed by atoms with Crippen LogP contribution in [0.1, 0.15) is 42.0 Å². The third kappa shape index (κ3) is 2.89. The molecule has 0 spiro atoms. The fourth-order valence-corrected chi connectivity index (χ4v) is 3.38. The van der Waals surface area contributed by atoms with Crippen LogP contribution in [0.5, 0.6) is 0 Å². The number of rotatable bonds is 5. The van der Waals surface area contributed by atoms with Crippen LogP contribution in [0, 0.1) is 0 Å². The van der Waals surface area contributed by atoms with Gasteiger partial charge in [0.25, 0.3) is 0 Å². The molecule has 25 heavy (non-hydrogen) atoms. The van der Waals surface area contributed by atoms with E-state index in [0.29, 0.717) is 18.4 Å². The number of benzene rings is 1. The highest BCUT2D eigenvalue weighted by atomic mass is 32.2. The third-order valence-corrected chi connectivity index (χ3v) is 4.93. The minimum absolute atomic E-state index is 0.364. The van der Waals surface area contributed by atoms with Crippen LogP contribution in [0.2, 0.25) is 0 Å². The van der Waals surface area contributed by atoms with E-state index in [1.54, 1.807) is 4.52 Å². The van der Waals surface area contributed by atoms with Crippen molar-refractivity contribution in [3.8, 4) is 0 Å². The fourth-order valence-electron chi connectivity index (χ4n) is 3.02. The van der Waals surface area contributed by atoms with Crippen LogP contribution in [0.15, 0.2) is 34.5 Å². The molecule has 2 aromatic heterocycles. The SMILES string of the molecule is CSc1nc(NCc2cccc3c2C=NC3)n2ncc(C(C)C)c2n1. The lowest BCUT2D eigenvalue weighted by atomic mass is 10.0. The van der Waals surface area contributed by atoms with Gasteiger partial charge in [-0.3, -0.25) is 4.99 Å². The van der Waals surface area contributed by atoms with Crippen molar-refractivity contribution in [3.05, 3.63) is 46.6 Å². The summed E-state index contributed by atoms with van der Waals surface area (Å²) in [6.45, 7) is 5.75. The number of hydrogen-bond donors (Lipinski definition) is 1. The van der Waals surface area contributed by atoms with Gasteiger partial charge < -0.3 is 5.32 Å². The zero-order valence-electron chi connectivity index (χ0n) is 14.5. The molecule has 0 atom stereocenters. The molecule has 3 heterocycles. The van der Waals surface area contributed by atoms with Gasteiger partial charge in [-0.25, -0.2) is 4.98 Å². The van der Waals surface area contributed by atoms with Crippen LogP contribution < -0.4 is 5.32 Å². The molecule has 1 aliphatic rings. The van der Waals surface area contributed by atoms with Crippen molar-refractivity contribution >= 4 is 29.6 Å². The van der Waals surface area contributed by atoms with Gasteiger partial charge in [0, 0.05) is 23.9 Å². The number of nitrogens with one attached hydrogen (secondary N) is 1. The Kier molecular flexibility index (Phi) is 4.17. The summed E-state index contributed by atoms with van der Waals surface area (Å²) in [6, 6.07) is 6.33. The van der Waals surface area contributed by atoms with Gasteiger partial charge in [0.05, 0.1) is 12.7 Å². The monoisotopic (exact) mass is 352 g/mol. The zero-order valence-corrected chi connectivity index (χ0v) is 15.3. The highest BCUT2D eigenvalue weighted by Gasteiger charge is 2.16. The number of anilines is 1. The van der Waals surface area contributed by atoms with Crippen molar-refractivity contribution in [2.24, 2.45) is 4.99 Å². The van der Waals surface area contributed by atoms with Crippen molar-refractivity contribution in [3.63, 3.8) is 0 Å². The standard InChI is InChI=1S/C18H20N6S/c1-11(2)14-10-21-24-16(14)22-18(25-3)23-17(24)20-8-13-6-4-5-12-7-19-9-15(12)13/h4-6,9-11H,7-8H2,1-3H3,(H,20,22,23). The van der Waals surface area contributed by atoms with Gasteiger partial charge in [-0.05, 0) is 23.3 Å². The van der Waals surface area contributed by atoms with E-state index in [9.17, 15) is 0 Å². The summed E-state index contributed by atoms with van der Waals surface area (Å²) in [6.07, 6.45) is 5.83. The summed E-state index contributed by atoms with van der Waals surface area (Å²) >= 11 is 1.54. The Morgan fingerprint density at radius 1 is 1.28 bits per heavy atom. The molecular weight excluding hydrogens is 332 g/mol. The Morgan fingerprint density at radius 2 is 2.16 bits per heavy atom. The first-order chi connectivity index (χ1) is 12.2. The maximum Gasteiger partial charge on any atom is 0.228 e.